The number of halogens is 1. The average Bonchev–Trinajstić information content (AvgIpc) is 3.43. The SMILES string of the molecule is CC(C)NC(=O)C[C@@H]1CN(Cc2ncccc2F)[C@@H]2CO[C@@H](CC(=O)N3CCCC3)[C@H]12. The van der Waals surface area contributed by atoms with Gasteiger partial charge in [-0.15, -0.1) is 0 Å². The predicted octanol–water partition coefficient (Wildman–Crippen LogP) is 1.96. The first-order chi connectivity index (χ1) is 14.9. The van der Waals surface area contributed by atoms with Crippen LogP contribution >= 0.6 is 0 Å². The van der Waals surface area contributed by atoms with E-state index in [0.717, 1.165) is 25.9 Å². The molecule has 3 saturated heterocycles. The molecule has 0 bridgehead atoms. The maximum Gasteiger partial charge on any atom is 0.225 e. The molecule has 4 heterocycles. The lowest BCUT2D eigenvalue weighted by molar-refractivity contribution is -0.133. The first-order valence-corrected chi connectivity index (χ1v) is 11.4. The summed E-state index contributed by atoms with van der Waals surface area (Å²) in [5.74, 6) is -0.0192. The predicted molar refractivity (Wildman–Crippen MR) is 113 cm³/mol. The molecule has 4 rings (SSSR count). The van der Waals surface area contributed by atoms with Crippen molar-refractivity contribution in [3.05, 3.63) is 29.8 Å². The molecule has 0 unspecified atom stereocenters. The fraction of sp³-hybridized carbons (Fsp3) is 0.696. The maximum absolute atomic E-state index is 14.2. The third kappa shape index (κ3) is 5.06. The molecule has 3 aliphatic heterocycles. The van der Waals surface area contributed by atoms with E-state index in [9.17, 15) is 14.0 Å². The second kappa shape index (κ2) is 9.61. The highest BCUT2D eigenvalue weighted by atomic mass is 19.1. The zero-order valence-electron chi connectivity index (χ0n) is 18.4. The number of fused-ring (bicyclic) bond motifs is 1. The lowest BCUT2D eigenvalue weighted by Gasteiger charge is -2.25. The van der Waals surface area contributed by atoms with Crippen LogP contribution in [0, 0.1) is 17.7 Å². The van der Waals surface area contributed by atoms with Crippen molar-refractivity contribution in [2.45, 2.75) is 64.3 Å². The molecule has 2 amide bonds. The Morgan fingerprint density at radius 3 is 2.77 bits per heavy atom. The highest BCUT2D eigenvalue weighted by molar-refractivity contribution is 5.77. The van der Waals surface area contributed by atoms with Crippen LogP contribution in [0.4, 0.5) is 4.39 Å². The summed E-state index contributed by atoms with van der Waals surface area (Å²) in [6, 6.07) is 3.15. The zero-order valence-corrected chi connectivity index (χ0v) is 18.4. The normalized spacial score (nSPS) is 28.3. The molecule has 0 saturated carbocycles. The number of rotatable bonds is 7. The van der Waals surface area contributed by atoms with Gasteiger partial charge in [-0.2, -0.15) is 0 Å². The van der Waals surface area contributed by atoms with Gasteiger partial charge in [0.15, 0.2) is 0 Å². The quantitative estimate of drug-likeness (QED) is 0.713. The van der Waals surface area contributed by atoms with Gasteiger partial charge >= 0.3 is 0 Å². The largest absolute Gasteiger partial charge is 0.376 e. The Hall–Kier alpha value is -2.06. The molecule has 0 aliphatic carbocycles. The minimum atomic E-state index is -0.320. The van der Waals surface area contributed by atoms with Gasteiger partial charge < -0.3 is 15.0 Å². The molecule has 3 aliphatic rings. The first kappa shape index (κ1) is 22.1. The summed E-state index contributed by atoms with van der Waals surface area (Å²) < 4.78 is 20.3. The van der Waals surface area contributed by atoms with Gasteiger partial charge in [-0.3, -0.25) is 19.5 Å². The van der Waals surface area contributed by atoms with Gasteiger partial charge in [-0.1, -0.05) is 0 Å². The van der Waals surface area contributed by atoms with E-state index in [-0.39, 0.29) is 47.7 Å². The number of ether oxygens (including phenoxy) is 1. The van der Waals surface area contributed by atoms with Crippen LogP contribution in [0.15, 0.2) is 18.3 Å². The molecule has 0 aromatic carbocycles. The highest BCUT2D eigenvalue weighted by Crippen LogP contribution is 2.42. The molecule has 0 radical (unpaired) electrons. The topological polar surface area (TPSA) is 74.8 Å². The van der Waals surface area contributed by atoms with E-state index < -0.39 is 0 Å². The van der Waals surface area contributed by atoms with Crippen molar-refractivity contribution in [2.75, 3.05) is 26.2 Å². The van der Waals surface area contributed by atoms with Crippen LogP contribution < -0.4 is 5.32 Å². The summed E-state index contributed by atoms with van der Waals surface area (Å²) in [6.07, 6.45) is 4.26. The van der Waals surface area contributed by atoms with E-state index in [4.69, 9.17) is 4.74 Å². The fourth-order valence-electron chi connectivity index (χ4n) is 5.41. The van der Waals surface area contributed by atoms with Crippen molar-refractivity contribution in [3.8, 4) is 0 Å². The summed E-state index contributed by atoms with van der Waals surface area (Å²) in [7, 11) is 0. The summed E-state index contributed by atoms with van der Waals surface area (Å²) in [6.45, 7) is 7.10. The highest BCUT2D eigenvalue weighted by Gasteiger charge is 2.51. The molecule has 7 nitrogen and oxygen atoms in total. The maximum atomic E-state index is 14.2. The van der Waals surface area contributed by atoms with Crippen molar-refractivity contribution in [2.24, 2.45) is 11.8 Å². The zero-order chi connectivity index (χ0) is 22.0. The van der Waals surface area contributed by atoms with Crippen LogP contribution in [0.3, 0.4) is 0 Å². The number of likely N-dealkylation sites (tertiary alicyclic amines) is 2. The number of nitrogens with zero attached hydrogens (tertiary/aromatic N) is 3. The van der Waals surface area contributed by atoms with Gasteiger partial charge in [0.05, 0.1) is 24.8 Å². The third-order valence-corrected chi connectivity index (χ3v) is 6.76. The number of hydrogen-bond donors (Lipinski definition) is 1. The molecule has 4 atom stereocenters. The van der Waals surface area contributed by atoms with Crippen molar-refractivity contribution in [3.63, 3.8) is 0 Å². The molecule has 1 aromatic heterocycles. The Morgan fingerprint density at radius 1 is 1.29 bits per heavy atom. The number of amides is 2. The summed E-state index contributed by atoms with van der Waals surface area (Å²) in [4.78, 5) is 33.6. The number of aromatic nitrogens is 1. The standard InChI is InChI=1S/C23H33FN4O3/c1-15(2)26-21(29)10-16-12-28(13-18-17(24)6-5-7-25-18)19-14-31-20(23(16)19)11-22(30)27-8-3-4-9-27/h5-7,15-16,19-20,23H,3-4,8-14H2,1-2H3,(H,26,29)/t16-,19-,20+,23-/m1/s1. The van der Waals surface area contributed by atoms with Gasteiger partial charge in [-0.25, -0.2) is 4.39 Å². The Labute approximate surface area is 183 Å². The average molecular weight is 433 g/mol. The van der Waals surface area contributed by atoms with Crippen molar-refractivity contribution < 1.29 is 18.7 Å². The van der Waals surface area contributed by atoms with Crippen LogP contribution in [0.5, 0.6) is 0 Å². The second-order valence-electron chi connectivity index (χ2n) is 9.36. The minimum Gasteiger partial charge on any atom is -0.376 e. The number of carbonyl (C=O) groups excluding carboxylic acids is 2. The first-order valence-electron chi connectivity index (χ1n) is 11.4. The van der Waals surface area contributed by atoms with E-state index in [1.165, 1.54) is 6.07 Å². The number of nitrogens with one attached hydrogen (secondary N) is 1. The molecule has 31 heavy (non-hydrogen) atoms. The minimum absolute atomic E-state index is 0.0149. The smallest absolute Gasteiger partial charge is 0.225 e. The van der Waals surface area contributed by atoms with E-state index >= 15 is 0 Å². The third-order valence-electron chi connectivity index (χ3n) is 6.76. The number of carbonyl (C=O) groups is 2. The Bertz CT molecular complexity index is 799. The van der Waals surface area contributed by atoms with Crippen molar-refractivity contribution in [1.29, 1.82) is 0 Å². The van der Waals surface area contributed by atoms with Crippen LogP contribution in [0.2, 0.25) is 0 Å². The van der Waals surface area contributed by atoms with E-state index in [1.807, 2.05) is 18.7 Å². The fourth-order valence-corrected chi connectivity index (χ4v) is 5.41. The second-order valence-corrected chi connectivity index (χ2v) is 9.36. The number of pyridine rings is 1. The van der Waals surface area contributed by atoms with Gasteiger partial charge in [0.2, 0.25) is 11.8 Å². The molecule has 170 valence electrons. The van der Waals surface area contributed by atoms with Crippen molar-refractivity contribution >= 4 is 11.8 Å². The van der Waals surface area contributed by atoms with Crippen LogP contribution in [-0.2, 0) is 20.9 Å². The van der Waals surface area contributed by atoms with Gasteiger partial charge in [0.25, 0.3) is 0 Å². The molecule has 8 heteroatoms. The van der Waals surface area contributed by atoms with Crippen LogP contribution in [-0.4, -0.2) is 71.0 Å². The number of hydrogen-bond acceptors (Lipinski definition) is 5. The lowest BCUT2D eigenvalue weighted by Crippen LogP contribution is -2.37. The van der Waals surface area contributed by atoms with Crippen LogP contribution in [0.1, 0.15) is 45.2 Å². The Balaban J connectivity index is 1.49. The summed E-state index contributed by atoms with van der Waals surface area (Å²) in [5, 5.41) is 2.98. The lowest BCUT2D eigenvalue weighted by atomic mass is 9.84. The van der Waals surface area contributed by atoms with Gasteiger partial charge in [-0.05, 0) is 44.7 Å². The van der Waals surface area contributed by atoms with E-state index in [2.05, 4.69) is 15.2 Å². The molecular formula is C23H33FN4O3. The van der Waals surface area contributed by atoms with Crippen LogP contribution in [0.25, 0.3) is 0 Å². The Morgan fingerprint density at radius 2 is 2.06 bits per heavy atom. The summed E-state index contributed by atoms with van der Waals surface area (Å²) >= 11 is 0. The molecular weight excluding hydrogens is 399 g/mol. The van der Waals surface area contributed by atoms with Gasteiger partial charge in [0.1, 0.15) is 5.82 Å². The molecule has 1 N–H and O–H groups in total. The van der Waals surface area contributed by atoms with E-state index in [0.29, 0.717) is 38.2 Å². The van der Waals surface area contributed by atoms with Crippen molar-refractivity contribution in [1.82, 2.24) is 20.1 Å². The Kier molecular flexibility index (Phi) is 6.86. The van der Waals surface area contributed by atoms with Gasteiger partial charge in [0, 0.05) is 56.8 Å². The monoisotopic (exact) mass is 432 g/mol. The molecule has 1 aromatic rings. The molecule has 3 fully saturated rings. The van der Waals surface area contributed by atoms with E-state index in [1.54, 1.807) is 12.3 Å². The molecule has 0 spiro atoms. The summed E-state index contributed by atoms with van der Waals surface area (Å²) in [5.41, 5.74) is 0.408.